The number of anilines is 1. The molecule has 4 aromatic rings. The summed E-state index contributed by atoms with van der Waals surface area (Å²) in [7, 11) is 0. The molecule has 0 atom stereocenters. The van der Waals surface area contributed by atoms with Gasteiger partial charge in [-0.15, -0.1) is 10.2 Å². The summed E-state index contributed by atoms with van der Waals surface area (Å²) >= 11 is 0. The monoisotopic (exact) mass is 368 g/mol. The summed E-state index contributed by atoms with van der Waals surface area (Å²) in [6, 6.07) is 13.4. The number of hydrogen-bond acceptors (Lipinski definition) is 5. The lowest BCUT2D eigenvalue weighted by atomic mass is 10.2. The SMILES string of the molecule is O=c1c2cccnc2n2c(N3C=CC=CC=C3)nnc2n1Cc1ccccc1. The molecule has 4 heterocycles. The lowest BCUT2D eigenvalue weighted by molar-refractivity contribution is 0.765. The molecule has 0 radical (unpaired) electrons. The van der Waals surface area contributed by atoms with E-state index in [9.17, 15) is 4.79 Å². The number of aromatic nitrogens is 5. The number of nitrogens with zero attached hydrogens (tertiary/aromatic N) is 6. The smallest absolute Gasteiger partial charge is 0.264 e. The first kappa shape index (κ1) is 16.2. The minimum Gasteiger partial charge on any atom is -0.293 e. The van der Waals surface area contributed by atoms with Gasteiger partial charge in [0.25, 0.3) is 5.56 Å². The summed E-state index contributed by atoms with van der Waals surface area (Å²) in [4.78, 5) is 19.5. The molecule has 0 unspecified atom stereocenters. The summed E-state index contributed by atoms with van der Waals surface area (Å²) in [6.45, 7) is 0.402. The van der Waals surface area contributed by atoms with Gasteiger partial charge in [0.05, 0.1) is 11.9 Å². The van der Waals surface area contributed by atoms with Crippen molar-refractivity contribution in [3.05, 3.63) is 101 Å². The Labute approximate surface area is 160 Å². The second kappa shape index (κ2) is 6.62. The predicted octanol–water partition coefficient (Wildman–Crippen LogP) is 2.89. The quantitative estimate of drug-likeness (QED) is 0.556. The molecule has 0 fully saturated rings. The molecular formula is C21H16N6O. The highest BCUT2D eigenvalue weighted by Gasteiger charge is 2.19. The van der Waals surface area contributed by atoms with Gasteiger partial charge in [-0.05, 0) is 29.8 Å². The van der Waals surface area contributed by atoms with E-state index in [1.54, 1.807) is 22.9 Å². The second-order valence-electron chi connectivity index (χ2n) is 6.36. The fourth-order valence-corrected chi connectivity index (χ4v) is 3.28. The molecule has 5 rings (SSSR count). The van der Waals surface area contributed by atoms with Crippen LogP contribution in [0.25, 0.3) is 16.8 Å². The van der Waals surface area contributed by atoms with Gasteiger partial charge in [-0.3, -0.25) is 14.3 Å². The second-order valence-corrected chi connectivity index (χ2v) is 6.36. The van der Waals surface area contributed by atoms with Crippen LogP contribution in [0.1, 0.15) is 5.56 Å². The van der Waals surface area contributed by atoms with Crippen molar-refractivity contribution in [3.63, 3.8) is 0 Å². The van der Waals surface area contributed by atoms with Crippen LogP contribution in [0.3, 0.4) is 0 Å². The Morgan fingerprint density at radius 1 is 0.857 bits per heavy atom. The molecule has 0 N–H and O–H groups in total. The summed E-state index contributed by atoms with van der Waals surface area (Å²) in [6.07, 6.45) is 13.1. The first-order chi connectivity index (χ1) is 13.8. The van der Waals surface area contributed by atoms with E-state index in [4.69, 9.17) is 0 Å². The van der Waals surface area contributed by atoms with Crippen molar-refractivity contribution in [2.45, 2.75) is 6.54 Å². The zero-order chi connectivity index (χ0) is 18.9. The molecule has 0 saturated heterocycles. The maximum Gasteiger partial charge on any atom is 0.264 e. The van der Waals surface area contributed by atoms with Gasteiger partial charge in [-0.1, -0.05) is 42.5 Å². The molecule has 3 aromatic heterocycles. The minimum atomic E-state index is -0.137. The number of benzene rings is 1. The Kier molecular flexibility index (Phi) is 3.83. The fourth-order valence-electron chi connectivity index (χ4n) is 3.28. The van der Waals surface area contributed by atoms with Crippen LogP contribution in [0, 0.1) is 0 Å². The van der Waals surface area contributed by atoms with Gasteiger partial charge in [0, 0.05) is 18.6 Å². The van der Waals surface area contributed by atoms with E-state index in [2.05, 4.69) is 15.2 Å². The van der Waals surface area contributed by atoms with E-state index < -0.39 is 0 Å². The first-order valence-electron chi connectivity index (χ1n) is 8.89. The highest BCUT2D eigenvalue weighted by atomic mass is 16.1. The molecule has 1 aromatic carbocycles. The molecule has 0 spiro atoms. The molecule has 0 bridgehead atoms. The molecule has 0 aliphatic carbocycles. The maximum absolute atomic E-state index is 13.2. The molecule has 1 aliphatic rings. The Morgan fingerprint density at radius 3 is 2.43 bits per heavy atom. The Morgan fingerprint density at radius 2 is 1.64 bits per heavy atom. The number of fused-ring (bicyclic) bond motifs is 3. The van der Waals surface area contributed by atoms with Crippen LogP contribution >= 0.6 is 0 Å². The zero-order valence-electron chi connectivity index (χ0n) is 14.9. The van der Waals surface area contributed by atoms with Crippen molar-refractivity contribution < 1.29 is 0 Å². The summed E-state index contributed by atoms with van der Waals surface area (Å²) in [5.74, 6) is 1.02. The lowest BCUT2D eigenvalue weighted by Gasteiger charge is -2.14. The van der Waals surface area contributed by atoms with Crippen LogP contribution < -0.4 is 10.5 Å². The van der Waals surface area contributed by atoms with Crippen molar-refractivity contribution in [2.24, 2.45) is 0 Å². The van der Waals surface area contributed by atoms with E-state index in [0.717, 1.165) is 5.56 Å². The van der Waals surface area contributed by atoms with Crippen LogP contribution in [-0.2, 0) is 6.54 Å². The highest BCUT2D eigenvalue weighted by Crippen LogP contribution is 2.20. The minimum absolute atomic E-state index is 0.137. The number of rotatable bonds is 3. The molecule has 7 nitrogen and oxygen atoms in total. The summed E-state index contributed by atoms with van der Waals surface area (Å²) in [5, 5.41) is 9.22. The lowest BCUT2D eigenvalue weighted by Crippen LogP contribution is -2.25. The van der Waals surface area contributed by atoms with Gasteiger partial charge in [-0.2, -0.15) is 0 Å². The van der Waals surface area contributed by atoms with Gasteiger partial charge in [-0.25, -0.2) is 9.38 Å². The van der Waals surface area contributed by atoms with Gasteiger partial charge in [0.1, 0.15) is 0 Å². The molecule has 136 valence electrons. The van der Waals surface area contributed by atoms with Crippen LogP contribution in [0.2, 0.25) is 0 Å². The Bertz CT molecular complexity index is 1300. The Hall–Kier alpha value is -4.00. The largest absolute Gasteiger partial charge is 0.293 e. The highest BCUT2D eigenvalue weighted by molar-refractivity contribution is 5.78. The van der Waals surface area contributed by atoms with Crippen LogP contribution in [0.15, 0.2) is 90.2 Å². The molecular weight excluding hydrogens is 352 g/mol. The van der Waals surface area contributed by atoms with E-state index in [0.29, 0.717) is 29.3 Å². The third kappa shape index (κ3) is 2.61. The summed E-state index contributed by atoms with van der Waals surface area (Å²) < 4.78 is 3.46. The van der Waals surface area contributed by atoms with E-state index in [1.165, 1.54) is 0 Å². The number of allylic oxidation sites excluding steroid dienone is 4. The fraction of sp³-hybridized carbons (Fsp3) is 0.0476. The van der Waals surface area contributed by atoms with Crippen molar-refractivity contribution in [2.75, 3.05) is 4.90 Å². The predicted molar refractivity (Wildman–Crippen MR) is 108 cm³/mol. The normalized spacial score (nSPS) is 13.5. The van der Waals surface area contributed by atoms with E-state index >= 15 is 0 Å². The van der Waals surface area contributed by atoms with Crippen molar-refractivity contribution in [1.29, 1.82) is 0 Å². The third-order valence-corrected chi connectivity index (χ3v) is 4.59. The van der Waals surface area contributed by atoms with Crippen molar-refractivity contribution >= 4 is 22.8 Å². The van der Waals surface area contributed by atoms with E-state index in [-0.39, 0.29) is 5.56 Å². The standard InChI is InChI=1S/C21H16N6O/c28-19-17-11-8-12-22-18(17)27-20(25-13-6-1-2-7-14-25)23-24-21(27)26(19)15-16-9-4-3-5-10-16/h1-14H,15H2. The molecule has 1 aliphatic heterocycles. The molecule has 0 amide bonds. The maximum atomic E-state index is 13.2. The van der Waals surface area contributed by atoms with Crippen molar-refractivity contribution in [3.8, 4) is 0 Å². The van der Waals surface area contributed by atoms with Gasteiger partial charge in [0.2, 0.25) is 11.7 Å². The first-order valence-corrected chi connectivity index (χ1v) is 8.89. The van der Waals surface area contributed by atoms with Crippen molar-refractivity contribution in [1.82, 2.24) is 24.1 Å². The molecule has 7 heteroatoms. The van der Waals surface area contributed by atoms with Gasteiger partial charge < -0.3 is 0 Å². The van der Waals surface area contributed by atoms with Crippen LogP contribution in [0.4, 0.5) is 5.95 Å². The molecule has 0 saturated carbocycles. The topological polar surface area (TPSA) is 68.3 Å². The number of pyridine rings is 1. The number of hydrogen-bond donors (Lipinski definition) is 0. The molecule has 28 heavy (non-hydrogen) atoms. The average molecular weight is 368 g/mol. The third-order valence-electron chi connectivity index (χ3n) is 4.59. The van der Waals surface area contributed by atoms with Crippen LogP contribution in [0.5, 0.6) is 0 Å². The van der Waals surface area contributed by atoms with Gasteiger partial charge in [0.15, 0.2) is 5.65 Å². The Balaban J connectivity index is 1.80. The summed E-state index contributed by atoms with van der Waals surface area (Å²) in [5.41, 5.74) is 1.41. The van der Waals surface area contributed by atoms with Gasteiger partial charge >= 0.3 is 0 Å². The average Bonchev–Trinajstić information content (AvgIpc) is 2.99. The van der Waals surface area contributed by atoms with E-state index in [1.807, 2.05) is 76.3 Å². The van der Waals surface area contributed by atoms with Crippen LogP contribution in [-0.4, -0.2) is 24.1 Å². The zero-order valence-corrected chi connectivity index (χ0v) is 14.9.